The number of benzene rings is 1. The minimum Gasteiger partial charge on any atom is -0.241 e. The highest BCUT2D eigenvalue weighted by molar-refractivity contribution is 6.30. The van der Waals surface area contributed by atoms with Crippen LogP contribution in [0.1, 0.15) is 5.56 Å². The predicted molar refractivity (Wildman–Crippen MR) is 74.4 cm³/mol. The second kappa shape index (κ2) is 4.86. The molecule has 0 atom stereocenters. The van der Waals surface area contributed by atoms with Crippen molar-refractivity contribution in [1.29, 1.82) is 0 Å². The Morgan fingerprint density at radius 1 is 1.05 bits per heavy atom. The summed E-state index contributed by atoms with van der Waals surface area (Å²) in [5.74, 6) is 0. The summed E-state index contributed by atoms with van der Waals surface area (Å²) in [5, 5.41) is 0.725. The molecule has 0 spiro atoms. The van der Waals surface area contributed by atoms with Crippen molar-refractivity contribution in [3.05, 3.63) is 81.9 Å². The molecular weight excluding hydrogens is 260 g/mol. The largest absolute Gasteiger partial charge is 0.342 e. The molecule has 0 amide bonds. The van der Waals surface area contributed by atoms with Gasteiger partial charge >= 0.3 is 5.56 Å². The van der Waals surface area contributed by atoms with Gasteiger partial charge in [0, 0.05) is 11.1 Å². The lowest BCUT2D eigenvalue weighted by atomic mass is 10.2. The minimum absolute atomic E-state index is 0.0250. The molecule has 0 saturated carbocycles. The van der Waals surface area contributed by atoms with Crippen LogP contribution in [0.3, 0.4) is 0 Å². The second-order valence-electron chi connectivity index (χ2n) is 4.34. The summed E-state index contributed by atoms with van der Waals surface area (Å²) in [5.41, 5.74) is 1.98. The Hall–Kier alpha value is -2.13. The molecule has 0 bridgehead atoms. The molecule has 3 nitrogen and oxygen atoms in total. The van der Waals surface area contributed by atoms with Crippen molar-refractivity contribution < 1.29 is 4.57 Å². The topological polar surface area (TPSA) is 25.4 Å². The van der Waals surface area contributed by atoms with Gasteiger partial charge in [0.05, 0.1) is 18.5 Å². The Kier molecular flexibility index (Phi) is 3.05. The zero-order valence-corrected chi connectivity index (χ0v) is 10.9. The van der Waals surface area contributed by atoms with E-state index in [0.29, 0.717) is 6.54 Å². The molecule has 3 aromatic rings. The number of halogens is 1. The molecule has 0 aliphatic heterocycles. The summed E-state index contributed by atoms with van der Waals surface area (Å²) in [6.45, 7) is 0.699. The third kappa shape index (κ3) is 2.37. The molecule has 0 fully saturated rings. The first-order chi connectivity index (χ1) is 9.24. The van der Waals surface area contributed by atoms with Crippen molar-refractivity contribution in [2.75, 3.05) is 0 Å². The van der Waals surface area contributed by atoms with E-state index >= 15 is 0 Å². The second-order valence-corrected chi connectivity index (χ2v) is 4.77. The zero-order chi connectivity index (χ0) is 13.2. The van der Waals surface area contributed by atoms with Crippen LogP contribution in [0.15, 0.2) is 65.7 Å². The number of hydrogen-bond donors (Lipinski definition) is 0. The Balaban J connectivity index is 2.08. The van der Waals surface area contributed by atoms with Gasteiger partial charge in [-0.15, -0.1) is 0 Å². The minimum atomic E-state index is -0.0250. The molecule has 3 rings (SSSR count). The summed E-state index contributed by atoms with van der Waals surface area (Å²) in [6.07, 6.45) is 3.59. The molecular formula is C15H12ClN2O+. The Morgan fingerprint density at radius 3 is 2.63 bits per heavy atom. The lowest BCUT2D eigenvalue weighted by Crippen LogP contribution is -2.39. The quantitative estimate of drug-likeness (QED) is 0.657. The van der Waals surface area contributed by atoms with E-state index in [2.05, 4.69) is 0 Å². The van der Waals surface area contributed by atoms with Crippen LogP contribution < -0.4 is 10.1 Å². The monoisotopic (exact) mass is 271 g/mol. The maximum absolute atomic E-state index is 11.8. The molecule has 0 saturated heterocycles. The van der Waals surface area contributed by atoms with Crippen molar-refractivity contribution >= 4 is 17.2 Å². The van der Waals surface area contributed by atoms with E-state index in [1.807, 2.05) is 53.2 Å². The fourth-order valence-corrected chi connectivity index (χ4v) is 2.21. The van der Waals surface area contributed by atoms with Crippen LogP contribution in [0.2, 0.25) is 5.02 Å². The average molecular weight is 272 g/mol. The van der Waals surface area contributed by atoms with E-state index < -0.39 is 0 Å². The summed E-state index contributed by atoms with van der Waals surface area (Å²) in [7, 11) is 0. The van der Waals surface area contributed by atoms with Crippen molar-refractivity contribution in [1.82, 2.24) is 4.40 Å². The molecule has 0 N–H and O–H groups in total. The molecule has 94 valence electrons. The molecule has 1 aromatic carbocycles. The lowest BCUT2D eigenvalue weighted by Gasteiger charge is -2.03. The number of pyridine rings is 1. The highest BCUT2D eigenvalue weighted by atomic mass is 35.5. The van der Waals surface area contributed by atoms with Gasteiger partial charge in [-0.1, -0.05) is 29.8 Å². The summed E-state index contributed by atoms with van der Waals surface area (Å²) >= 11 is 5.88. The van der Waals surface area contributed by atoms with Gasteiger partial charge in [-0.2, -0.15) is 4.40 Å². The van der Waals surface area contributed by atoms with E-state index in [9.17, 15) is 4.79 Å². The van der Waals surface area contributed by atoms with Crippen LogP contribution in [0.4, 0.5) is 0 Å². The van der Waals surface area contributed by atoms with Gasteiger partial charge in [0.15, 0.2) is 0 Å². The Bertz CT molecular complexity index is 778. The van der Waals surface area contributed by atoms with Crippen LogP contribution in [0, 0.1) is 0 Å². The first-order valence-corrected chi connectivity index (χ1v) is 6.36. The first-order valence-electron chi connectivity index (χ1n) is 5.98. The van der Waals surface area contributed by atoms with Crippen LogP contribution in [0.5, 0.6) is 0 Å². The van der Waals surface area contributed by atoms with Gasteiger partial charge in [-0.05, 0) is 23.8 Å². The van der Waals surface area contributed by atoms with Gasteiger partial charge in [0.2, 0.25) is 0 Å². The van der Waals surface area contributed by atoms with Gasteiger partial charge in [-0.25, -0.2) is 9.36 Å². The van der Waals surface area contributed by atoms with Crippen LogP contribution >= 0.6 is 11.6 Å². The van der Waals surface area contributed by atoms with E-state index in [0.717, 1.165) is 16.2 Å². The molecule has 2 aromatic heterocycles. The summed E-state index contributed by atoms with van der Waals surface area (Å²) < 4.78 is 3.67. The maximum atomic E-state index is 11.8. The third-order valence-corrected chi connectivity index (χ3v) is 3.29. The molecule has 2 heterocycles. The fraction of sp³-hybridized carbons (Fsp3) is 0.0667. The van der Waals surface area contributed by atoms with Crippen LogP contribution in [-0.4, -0.2) is 4.40 Å². The van der Waals surface area contributed by atoms with Gasteiger partial charge in [0.1, 0.15) is 6.54 Å². The lowest BCUT2D eigenvalue weighted by molar-refractivity contribution is -0.666. The zero-order valence-electron chi connectivity index (χ0n) is 10.2. The van der Waals surface area contributed by atoms with Crippen molar-refractivity contribution in [2.45, 2.75) is 6.54 Å². The average Bonchev–Trinajstić information content (AvgIpc) is 2.45. The van der Waals surface area contributed by atoms with Gasteiger partial charge in [-0.3, -0.25) is 0 Å². The number of rotatable bonds is 2. The van der Waals surface area contributed by atoms with Crippen LogP contribution in [0.25, 0.3) is 5.65 Å². The fourth-order valence-electron chi connectivity index (χ4n) is 2.09. The normalized spacial score (nSPS) is 10.8. The summed E-state index contributed by atoms with van der Waals surface area (Å²) in [4.78, 5) is 11.8. The molecule has 0 unspecified atom stereocenters. The van der Waals surface area contributed by atoms with Crippen molar-refractivity contribution in [3.63, 3.8) is 0 Å². The molecule has 4 heteroatoms. The summed E-state index contributed by atoms with van der Waals surface area (Å²) in [6, 6.07) is 15.0. The van der Waals surface area contributed by atoms with E-state index in [1.165, 1.54) is 0 Å². The third-order valence-electron chi connectivity index (χ3n) is 3.03. The molecule has 0 aliphatic carbocycles. The standard InChI is InChI=1S/C15H12ClN2O/c16-13-6-4-12(5-7-13)11-17-10-8-15(19)18-9-2-1-3-14(17)18/h1-10H,11H2/q+1. The Morgan fingerprint density at radius 2 is 1.84 bits per heavy atom. The maximum Gasteiger partial charge on any atom is 0.342 e. The SMILES string of the molecule is O=c1cc[n+](Cc2ccc(Cl)cc2)c2ccccn12. The smallest absolute Gasteiger partial charge is 0.241 e. The predicted octanol–water partition coefficient (Wildman–Crippen LogP) is 2.29. The van der Waals surface area contributed by atoms with Gasteiger partial charge < -0.3 is 0 Å². The van der Waals surface area contributed by atoms with Crippen molar-refractivity contribution in [2.24, 2.45) is 0 Å². The molecule has 0 radical (unpaired) electrons. The van der Waals surface area contributed by atoms with E-state index in [1.54, 1.807) is 16.7 Å². The highest BCUT2D eigenvalue weighted by Crippen LogP contribution is 2.09. The number of fused-ring (bicyclic) bond motifs is 1. The number of nitrogens with zero attached hydrogens (tertiary/aromatic N) is 2. The van der Waals surface area contributed by atoms with Gasteiger partial charge in [0.25, 0.3) is 5.65 Å². The first kappa shape index (κ1) is 11.9. The van der Waals surface area contributed by atoms with Crippen LogP contribution in [-0.2, 0) is 6.54 Å². The van der Waals surface area contributed by atoms with Crippen molar-refractivity contribution in [3.8, 4) is 0 Å². The highest BCUT2D eigenvalue weighted by Gasteiger charge is 2.09. The number of hydrogen-bond acceptors (Lipinski definition) is 1. The molecule has 0 aliphatic rings. The van der Waals surface area contributed by atoms with E-state index in [4.69, 9.17) is 11.6 Å². The number of aromatic nitrogens is 2. The molecule has 19 heavy (non-hydrogen) atoms. The Labute approximate surface area is 115 Å². The van der Waals surface area contributed by atoms with E-state index in [-0.39, 0.29) is 5.56 Å².